The molecule has 0 aliphatic rings. The molecule has 0 bridgehead atoms. The minimum absolute atomic E-state index is 0.184. The molecule has 82 valence electrons. The molecule has 0 amide bonds. The van der Waals surface area contributed by atoms with Crippen LogP contribution in [0.4, 0.5) is 4.39 Å². The number of halogens is 1. The van der Waals surface area contributed by atoms with E-state index in [9.17, 15) is 9.18 Å². The summed E-state index contributed by atoms with van der Waals surface area (Å²) in [5.41, 5.74) is 1.05. The first-order chi connectivity index (χ1) is 7.61. The summed E-state index contributed by atoms with van der Waals surface area (Å²) in [6.07, 6.45) is 1.55. The molecule has 1 N–H and O–H groups in total. The number of hydrogen-bond donors (Lipinski definition) is 1. The van der Waals surface area contributed by atoms with Crippen molar-refractivity contribution in [3.63, 3.8) is 0 Å². The van der Waals surface area contributed by atoms with E-state index in [4.69, 9.17) is 5.11 Å². The van der Waals surface area contributed by atoms with Crippen molar-refractivity contribution in [2.45, 2.75) is 6.92 Å². The lowest BCUT2D eigenvalue weighted by Crippen LogP contribution is -2.02. The zero-order chi connectivity index (χ0) is 11.7. The summed E-state index contributed by atoms with van der Waals surface area (Å²) in [4.78, 5) is 10.8. The number of carboxylic acid groups (broad SMARTS) is 1. The number of carbonyl (C=O) groups is 1. The van der Waals surface area contributed by atoms with Crippen LogP contribution in [0.3, 0.4) is 0 Å². The molecule has 16 heavy (non-hydrogen) atoms. The van der Waals surface area contributed by atoms with E-state index in [0.29, 0.717) is 11.4 Å². The lowest BCUT2D eigenvalue weighted by molar-refractivity contribution is 0.0696. The highest BCUT2D eigenvalue weighted by Crippen LogP contribution is 2.18. The smallest absolute Gasteiger partial charge is 0.337 e. The quantitative estimate of drug-likeness (QED) is 0.843. The van der Waals surface area contributed by atoms with Crippen molar-refractivity contribution >= 4 is 5.97 Å². The van der Waals surface area contributed by atoms with Crippen molar-refractivity contribution < 1.29 is 14.3 Å². The molecule has 3 nitrogen and oxygen atoms in total. The molecular weight excluding hydrogens is 209 g/mol. The van der Waals surface area contributed by atoms with Crippen molar-refractivity contribution in [3.8, 4) is 5.69 Å². The fourth-order valence-corrected chi connectivity index (χ4v) is 1.65. The van der Waals surface area contributed by atoms with Crippen LogP contribution in [0, 0.1) is 12.7 Å². The van der Waals surface area contributed by atoms with E-state index in [-0.39, 0.29) is 11.4 Å². The summed E-state index contributed by atoms with van der Waals surface area (Å²) in [7, 11) is 0. The summed E-state index contributed by atoms with van der Waals surface area (Å²) >= 11 is 0. The van der Waals surface area contributed by atoms with Crippen LogP contribution in [0.25, 0.3) is 5.69 Å². The Kier molecular flexibility index (Phi) is 2.48. The summed E-state index contributed by atoms with van der Waals surface area (Å²) < 4.78 is 15.0. The Bertz CT molecular complexity index is 546. The third-order valence-corrected chi connectivity index (χ3v) is 2.48. The number of nitrogens with zero attached hydrogens (tertiary/aromatic N) is 1. The largest absolute Gasteiger partial charge is 0.478 e. The number of carboxylic acids is 1. The molecule has 0 saturated heterocycles. The maximum Gasteiger partial charge on any atom is 0.337 e. The Morgan fingerprint density at radius 1 is 1.31 bits per heavy atom. The van der Waals surface area contributed by atoms with E-state index in [1.807, 2.05) is 0 Å². The van der Waals surface area contributed by atoms with E-state index in [0.717, 1.165) is 0 Å². The number of para-hydroxylation sites is 1. The van der Waals surface area contributed by atoms with Gasteiger partial charge in [0.25, 0.3) is 0 Å². The van der Waals surface area contributed by atoms with E-state index < -0.39 is 5.97 Å². The second kappa shape index (κ2) is 3.81. The van der Waals surface area contributed by atoms with Gasteiger partial charge in [0.1, 0.15) is 5.82 Å². The molecule has 0 saturated carbocycles. The fraction of sp³-hybridized carbons (Fsp3) is 0.0833. The standard InChI is InChI=1S/C12H10FNO2/c1-8-9(12(15)16)6-7-14(8)11-5-3-2-4-10(11)13/h2-7H,1H3,(H,15,16). The first kappa shape index (κ1) is 10.4. The molecule has 4 heteroatoms. The fourth-order valence-electron chi connectivity index (χ4n) is 1.65. The van der Waals surface area contributed by atoms with Crippen molar-refractivity contribution in [2.75, 3.05) is 0 Å². The summed E-state index contributed by atoms with van der Waals surface area (Å²) in [5.74, 6) is -1.38. The van der Waals surface area contributed by atoms with Crippen LogP contribution in [-0.2, 0) is 0 Å². The lowest BCUT2D eigenvalue weighted by Gasteiger charge is -2.07. The topological polar surface area (TPSA) is 42.2 Å². The predicted molar refractivity (Wildman–Crippen MR) is 57.4 cm³/mol. The average Bonchev–Trinajstić information content (AvgIpc) is 2.61. The minimum Gasteiger partial charge on any atom is -0.478 e. The molecule has 0 spiro atoms. The lowest BCUT2D eigenvalue weighted by atomic mass is 10.2. The zero-order valence-corrected chi connectivity index (χ0v) is 8.64. The predicted octanol–water partition coefficient (Wildman–Crippen LogP) is 2.62. The number of rotatable bonds is 2. The Labute approximate surface area is 91.8 Å². The van der Waals surface area contributed by atoms with Crippen LogP contribution in [0.1, 0.15) is 16.1 Å². The van der Waals surface area contributed by atoms with Crippen LogP contribution in [0.2, 0.25) is 0 Å². The molecule has 0 radical (unpaired) electrons. The zero-order valence-electron chi connectivity index (χ0n) is 8.64. The molecule has 2 aromatic rings. The Morgan fingerprint density at radius 3 is 2.56 bits per heavy atom. The van der Waals surface area contributed by atoms with Crippen molar-refractivity contribution in [2.24, 2.45) is 0 Å². The van der Waals surface area contributed by atoms with E-state index in [1.54, 1.807) is 31.3 Å². The number of aromatic nitrogens is 1. The highest BCUT2D eigenvalue weighted by Gasteiger charge is 2.13. The van der Waals surface area contributed by atoms with Crippen LogP contribution in [0.5, 0.6) is 0 Å². The van der Waals surface area contributed by atoms with Gasteiger partial charge >= 0.3 is 5.97 Å². The number of aromatic carboxylic acids is 1. The highest BCUT2D eigenvalue weighted by atomic mass is 19.1. The van der Waals surface area contributed by atoms with Crippen LogP contribution in [-0.4, -0.2) is 15.6 Å². The Morgan fingerprint density at radius 2 is 2.00 bits per heavy atom. The molecular formula is C12H10FNO2. The number of hydrogen-bond acceptors (Lipinski definition) is 1. The van der Waals surface area contributed by atoms with Crippen LogP contribution < -0.4 is 0 Å². The molecule has 1 aromatic carbocycles. The summed E-state index contributed by atoms with van der Waals surface area (Å²) in [6.45, 7) is 1.65. The average molecular weight is 219 g/mol. The maximum atomic E-state index is 13.5. The minimum atomic E-state index is -1.01. The van der Waals surface area contributed by atoms with Crippen molar-refractivity contribution in [1.82, 2.24) is 4.57 Å². The molecule has 1 aromatic heterocycles. The van der Waals surface area contributed by atoms with Gasteiger partial charge in [0.05, 0.1) is 11.3 Å². The van der Waals surface area contributed by atoms with Gasteiger partial charge in [-0.15, -0.1) is 0 Å². The van der Waals surface area contributed by atoms with E-state index >= 15 is 0 Å². The molecule has 0 unspecified atom stereocenters. The monoisotopic (exact) mass is 219 g/mol. The van der Waals surface area contributed by atoms with Crippen LogP contribution in [0.15, 0.2) is 36.5 Å². The third kappa shape index (κ3) is 1.58. The van der Waals surface area contributed by atoms with Gasteiger partial charge in [-0.25, -0.2) is 9.18 Å². The van der Waals surface area contributed by atoms with Gasteiger partial charge in [-0.3, -0.25) is 0 Å². The second-order valence-electron chi connectivity index (χ2n) is 3.44. The van der Waals surface area contributed by atoms with Gasteiger partial charge in [-0.2, -0.15) is 0 Å². The molecule has 0 atom stereocenters. The van der Waals surface area contributed by atoms with Gasteiger partial charge < -0.3 is 9.67 Å². The third-order valence-electron chi connectivity index (χ3n) is 2.48. The van der Waals surface area contributed by atoms with Crippen molar-refractivity contribution in [1.29, 1.82) is 0 Å². The summed E-state index contributed by atoms with van der Waals surface area (Å²) in [6, 6.07) is 7.71. The van der Waals surface area contributed by atoms with Gasteiger partial charge in [-0.05, 0) is 25.1 Å². The normalized spacial score (nSPS) is 10.4. The first-order valence-corrected chi connectivity index (χ1v) is 4.77. The van der Waals surface area contributed by atoms with Crippen LogP contribution >= 0.6 is 0 Å². The molecule has 0 aliphatic heterocycles. The molecule has 2 rings (SSSR count). The number of benzene rings is 1. The molecule has 0 fully saturated rings. The van der Waals surface area contributed by atoms with Crippen molar-refractivity contribution in [3.05, 3.63) is 53.6 Å². The summed E-state index contributed by atoms with van der Waals surface area (Å²) in [5, 5.41) is 8.89. The van der Waals surface area contributed by atoms with E-state index in [2.05, 4.69) is 0 Å². The van der Waals surface area contributed by atoms with Gasteiger partial charge in [0.15, 0.2) is 0 Å². The Balaban J connectivity index is 2.58. The first-order valence-electron chi connectivity index (χ1n) is 4.77. The molecule has 0 aliphatic carbocycles. The second-order valence-corrected chi connectivity index (χ2v) is 3.44. The molecule has 1 heterocycles. The van der Waals surface area contributed by atoms with Gasteiger partial charge in [-0.1, -0.05) is 12.1 Å². The van der Waals surface area contributed by atoms with Gasteiger partial charge in [0, 0.05) is 11.9 Å². The van der Waals surface area contributed by atoms with E-state index in [1.165, 1.54) is 16.7 Å². The maximum absolute atomic E-state index is 13.5. The van der Waals surface area contributed by atoms with Gasteiger partial charge in [0.2, 0.25) is 0 Å². The SMILES string of the molecule is Cc1c(C(=O)O)ccn1-c1ccccc1F. The Hall–Kier alpha value is -2.10. The highest BCUT2D eigenvalue weighted by molar-refractivity contribution is 5.89.